The number of hydrogen-bond acceptors (Lipinski definition) is 4. The number of carbonyl (C=O) groups is 1. The summed E-state index contributed by atoms with van der Waals surface area (Å²) < 4.78 is 5.55. The number of carbonyl (C=O) groups excluding carboxylic acids is 1. The lowest BCUT2D eigenvalue weighted by Crippen LogP contribution is -2.40. The molecule has 2 aromatic carbocycles. The van der Waals surface area contributed by atoms with Crippen molar-refractivity contribution in [1.82, 2.24) is 10.2 Å². The molecule has 0 spiro atoms. The maximum absolute atomic E-state index is 12.7. The zero-order valence-electron chi connectivity index (χ0n) is 15.9. The second kappa shape index (κ2) is 9.38. The average molecular weight is 365 g/mol. The van der Waals surface area contributed by atoms with Gasteiger partial charge < -0.3 is 10.1 Å². The molecule has 1 unspecified atom stereocenters. The van der Waals surface area contributed by atoms with Crippen molar-refractivity contribution in [2.24, 2.45) is 0 Å². The van der Waals surface area contributed by atoms with Crippen LogP contribution in [0.25, 0.3) is 10.8 Å². The number of amides is 1. The van der Waals surface area contributed by atoms with Crippen LogP contribution in [0.5, 0.6) is 5.75 Å². The summed E-state index contributed by atoms with van der Waals surface area (Å²) in [5, 5.41) is 13.7. The van der Waals surface area contributed by atoms with E-state index in [0.717, 1.165) is 30.3 Å². The van der Waals surface area contributed by atoms with Crippen LogP contribution in [0.1, 0.15) is 43.0 Å². The molecule has 0 aromatic heterocycles. The molecule has 1 aliphatic heterocycles. The molecule has 1 saturated heterocycles. The fourth-order valence-electron chi connectivity index (χ4n) is 3.73. The number of nitriles is 1. The molecule has 1 N–H and O–H groups in total. The number of likely N-dealkylation sites (tertiary alicyclic amines) is 1. The van der Waals surface area contributed by atoms with Crippen LogP contribution >= 0.6 is 0 Å². The Morgan fingerprint density at radius 3 is 3.04 bits per heavy atom. The number of benzene rings is 2. The van der Waals surface area contributed by atoms with Crippen molar-refractivity contribution >= 4 is 16.7 Å². The quantitative estimate of drug-likeness (QED) is 0.774. The molecule has 1 fully saturated rings. The Bertz CT molecular complexity index is 828. The Morgan fingerprint density at radius 2 is 2.22 bits per heavy atom. The predicted octanol–water partition coefficient (Wildman–Crippen LogP) is 3.74. The summed E-state index contributed by atoms with van der Waals surface area (Å²) in [6.45, 7) is 5.08. The molecular formula is C22H27N3O2. The third kappa shape index (κ3) is 4.78. The minimum Gasteiger partial charge on any atom is -0.478 e. The highest BCUT2D eigenvalue weighted by Gasteiger charge is 2.24. The van der Waals surface area contributed by atoms with Gasteiger partial charge in [-0.2, -0.15) is 5.26 Å². The Balaban J connectivity index is 1.71. The van der Waals surface area contributed by atoms with Gasteiger partial charge in [-0.15, -0.1) is 0 Å². The van der Waals surface area contributed by atoms with Crippen molar-refractivity contribution in [3.8, 4) is 11.8 Å². The summed E-state index contributed by atoms with van der Waals surface area (Å²) in [6.07, 6.45) is 4.73. The number of nitrogens with one attached hydrogen (secondary N) is 1. The lowest BCUT2D eigenvalue weighted by molar-refractivity contribution is 0.0940. The Hall–Kier alpha value is -2.58. The van der Waals surface area contributed by atoms with Gasteiger partial charge in [0.1, 0.15) is 11.8 Å². The van der Waals surface area contributed by atoms with Gasteiger partial charge >= 0.3 is 0 Å². The van der Waals surface area contributed by atoms with Gasteiger partial charge in [0.25, 0.3) is 5.91 Å². The first-order valence-electron chi connectivity index (χ1n) is 9.77. The summed E-state index contributed by atoms with van der Waals surface area (Å²) in [6, 6.07) is 13.8. The van der Waals surface area contributed by atoms with E-state index in [9.17, 15) is 4.79 Å². The first kappa shape index (κ1) is 19.2. The van der Waals surface area contributed by atoms with Gasteiger partial charge in [0.2, 0.25) is 0 Å². The summed E-state index contributed by atoms with van der Waals surface area (Å²) in [7, 11) is 0. The fraction of sp³-hybridized carbons (Fsp3) is 0.455. The number of rotatable bonds is 8. The Kier molecular flexibility index (Phi) is 6.67. The minimum atomic E-state index is -0.0927. The van der Waals surface area contributed by atoms with Gasteiger partial charge in [-0.05, 0) is 49.9 Å². The van der Waals surface area contributed by atoms with Crippen LogP contribution in [-0.2, 0) is 0 Å². The van der Waals surface area contributed by atoms with Crippen LogP contribution in [0.3, 0.4) is 0 Å². The second-order valence-corrected chi connectivity index (χ2v) is 7.04. The van der Waals surface area contributed by atoms with Crippen LogP contribution in [0, 0.1) is 11.3 Å². The molecule has 5 heteroatoms. The van der Waals surface area contributed by atoms with E-state index in [0.29, 0.717) is 23.9 Å². The summed E-state index contributed by atoms with van der Waals surface area (Å²) in [4.78, 5) is 15.2. The fourth-order valence-corrected chi connectivity index (χ4v) is 3.73. The number of nitrogens with zero attached hydrogens (tertiary/aromatic N) is 2. The number of hydrogen-bond donors (Lipinski definition) is 1. The van der Waals surface area contributed by atoms with Crippen LogP contribution in [-0.4, -0.2) is 43.1 Å². The van der Waals surface area contributed by atoms with Crippen molar-refractivity contribution in [1.29, 1.82) is 5.26 Å². The van der Waals surface area contributed by atoms with Crippen LogP contribution in [0.15, 0.2) is 36.4 Å². The van der Waals surface area contributed by atoms with Crippen molar-refractivity contribution in [2.75, 3.05) is 26.2 Å². The van der Waals surface area contributed by atoms with E-state index in [4.69, 9.17) is 10.00 Å². The van der Waals surface area contributed by atoms with E-state index in [1.54, 1.807) is 6.07 Å². The van der Waals surface area contributed by atoms with Gasteiger partial charge in [-0.1, -0.05) is 37.6 Å². The smallest absolute Gasteiger partial charge is 0.251 e. The Morgan fingerprint density at radius 1 is 1.37 bits per heavy atom. The maximum atomic E-state index is 12.7. The largest absolute Gasteiger partial charge is 0.478 e. The normalized spacial score (nSPS) is 17.0. The highest BCUT2D eigenvalue weighted by atomic mass is 16.5. The van der Waals surface area contributed by atoms with Crippen LogP contribution in [0.4, 0.5) is 0 Å². The molecule has 27 heavy (non-hydrogen) atoms. The topological polar surface area (TPSA) is 65.4 Å². The molecule has 1 atom stereocenters. The SMILES string of the molecule is CCCCN1CCCC1CNC(=O)c1cc(OCC#N)c2ccccc2c1. The zero-order valence-corrected chi connectivity index (χ0v) is 15.9. The first-order chi connectivity index (χ1) is 13.2. The van der Waals surface area contributed by atoms with Crippen molar-refractivity contribution in [3.05, 3.63) is 42.0 Å². The molecule has 1 aliphatic rings. The minimum absolute atomic E-state index is 0.0382. The molecule has 1 heterocycles. The lowest BCUT2D eigenvalue weighted by atomic mass is 10.1. The van der Waals surface area contributed by atoms with Crippen molar-refractivity contribution < 1.29 is 9.53 Å². The molecule has 0 aliphatic carbocycles. The van der Waals surface area contributed by atoms with E-state index >= 15 is 0 Å². The number of unbranched alkanes of at least 4 members (excludes halogenated alkanes) is 1. The lowest BCUT2D eigenvalue weighted by Gasteiger charge is -2.24. The zero-order chi connectivity index (χ0) is 19.1. The molecule has 2 aromatic rings. The molecule has 5 nitrogen and oxygen atoms in total. The monoisotopic (exact) mass is 365 g/mol. The van der Waals surface area contributed by atoms with Crippen LogP contribution < -0.4 is 10.1 Å². The van der Waals surface area contributed by atoms with Crippen molar-refractivity contribution in [2.45, 2.75) is 38.6 Å². The Labute approximate surface area is 160 Å². The van der Waals surface area contributed by atoms with E-state index in [2.05, 4.69) is 17.1 Å². The highest BCUT2D eigenvalue weighted by Crippen LogP contribution is 2.28. The molecule has 3 rings (SSSR count). The number of fused-ring (bicyclic) bond motifs is 1. The molecule has 0 bridgehead atoms. The molecule has 0 radical (unpaired) electrons. The third-order valence-corrected chi connectivity index (χ3v) is 5.17. The van der Waals surface area contributed by atoms with Gasteiger partial charge in [-0.25, -0.2) is 0 Å². The standard InChI is InChI=1S/C22H27N3O2/c1-2-3-11-25-12-6-8-19(25)16-24-22(26)18-14-17-7-4-5-9-20(17)21(15-18)27-13-10-23/h4-5,7,9,14-15,19H,2-3,6,8,11-13,16H2,1H3,(H,24,26). The van der Waals surface area contributed by atoms with Gasteiger partial charge in [0.05, 0.1) is 0 Å². The summed E-state index contributed by atoms with van der Waals surface area (Å²) in [5.41, 5.74) is 0.569. The molecular weight excluding hydrogens is 338 g/mol. The van der Waals surface area contributed by atoms with Crippen LogP contribution in [0.2, 0.25) is 0 Å². The van der Waals surface area contributed by atoms with E-state index in [1.165, 1.54) is 19.3 Å². The highest BCUT2D eigenvalue weighted by molar-refractivity contribution is 6.00. The second-order valence-electron chi connectivity index (χ2n) is 7.04. The predicted molar refractivity (Wildman–Crippen MR) is 107 cm³/mol. The molecule has 0 saturated carbocycles. The summed E-state index contributed by atoms with van der Waals surface area (Å²) >= 11 is 0. The maximum Gasteiger partial charge on any atom is 0.251 e. The van der Waals surface area contributed by atoms with E-state index in [1.807, 2.05) is 36.4 Å². The summed E-state index contributed by atoms with van der Waals surface area (Å²) in [5.74, 6) is 0.482. The van der Waals surface area contributed by atoms with E-state index < -0.39 is 0 Å². The first-order valence-corrected chi connectivity index (χ1v) is 9.77. The van der Waals surface area contributed by atoms with Gasteiger partial charge in [0.15, 0.2) is 6.61 Å². The molecule has 1 amide bonds. The van der Waals surface area contributed by atoms with Gasteiger partial charge in [-0.3, -0.25) is 9.69 Å². The average Bonchev–Trinajstić information content (AvgIpc) is 3.15. The van der Waals surface area contributed by atoms with E-state index in [-0.39, 0.29) is 12.5 Å². The molecule has 142 valence electrons. The number of ether oxygens (including phenoxy) is 1. The third-order valence-electron chi connectivity index (χ3n) is 5.17. The van der Waals surface area contributed by atoms with Crippen molar-refractivity contribution in [3.63, 3.8) is 0 Å². The van der Waals surface area contributed by atoms with Gasteiger partial charge in [0, 0.05) is 23.5 Å².